The van der Waals surface area contributed by atoms with Gasteiger partial charge in [0.05, 0.1) is 24.2 Å². The van der Waals surface area contributed by atoms with Gasteiger partial charge in [0.25, 0.3) is 0 Å². The summed E-state index contributed by atoms with van der Waals surface area (Å²) in [5.41, 5.74) is -0.0552. The second-order valence-corrected chi connectivity index (χ2v) is 3.10. The molecule has 0 aromatic rings. The molecule has 1 atom stereocenters. The van der Waals surface area contributed by atoms with E-state index in [0.717, 1.165) is 6.42 Å². The minimum absolute atomic E-state index is 0.0552. The van der Waals surface area contributed by atoms with Crippen LogP contribution < -0.4 is 0 Å². The predicted octanol–water partition coefficient (Wildman–Crippen LogP) is 1.33. The largest absolute Gasteiger partial charge is 0.374 e. The van der Waals surface area contributed by atoms with Gasteiger partial charge in [-0.1, -0.05) is 0 Å². The summed E-state index contributed by atoms with van der Waals surface area (Å²) in [5, 5.41) is 8.47. The molecule has 1 aliphatic rings. The predicted molar refractivity (Wildman–Crippen MR) is 33.8 cm³/mol. The highest BCUT2D eigenvalue weighted by molar-refractivity contribution is 4.92. The van der Waals surface area contributed by atoms with Gasteiger partial charge in [0, 0.05) is 0 Å². The summed E-state index contributed by atoms with van der Waals surface area (Å²) in [6.45, 7) is 4.65. The van der Waals surface area contributed by atoms with Crippen LogP contribution in [0.2, 0.25) is 0 Å². The van der Waals surface area contributed by atoms with Gasteiger partial charge >= 0.3 is 0 Å². The monoisotopic (exact) mass is 125 g/mol. The van der Waals surface area contributed by atoms with E-state index in [-0.39, 0.29) is 11.5 Å². The number of rotatable bonds is 0. The number of ether oxygens (including phenoxy) is 1. The van der Waals surface area contributed by atoms with Crippen molar-refractivity contribution in [3.05, 3.63) is 0 Å². The summed E-state index contributed by atoms with van der Waals surface area (Å²) >= 11 is 0. The molecule has 0 N–H and O–H groups in total. The van der Waals surface area contributed by atoms with Crippen molar-refractivity contribution in [1.29, 1.82) is 5.26 Å². The molecule has 0 aromatic heterocycles. The van der Waals surface area contributed by atoms with Crippen LogP contribution in [0.25, 0.3) is 0 Å². The topological polar surface area (TPSA) is 33.0 Å². The van der Waals surface area contributed by atoms with E-state index in [1.807, 2.05) is 13.8 Å². The molecule has 50 valence electrons. The van der Waals surface area contributed by atoms with Gasteiger partial charge in [0.15, 0.2) is 0 Å². The number of hydrogen-bond donors (Lipinski definition) is 0. The fourth-order valence-electron chi connectivity index (χ4n) is 1.12. The Morgan fingerprint density at radius 3 is 2.56 bits per heavy atom. The molecular formula is C7H11NO. The fraction of sp³-hybridized carbons (Fsp3) is 0.857. The molecule has 0 spiro atoms. The highest BCUT2D eigenvalue weighted by Gasteiger charge is 2.31. The zero-order valence-electron chi connectivity index (χ0n) is 5.85. The zero-order valence-corrected chi connectivity index (χ0v) is 5.85. The highest BCUT2D eigenvalue weighted by atomic mass is 16.5. The zero-order chi connectivity index (χ0) is 6.91. The first-order chi connectivity index (χ1) is 4.14. The van der Waals surface area contributed by atoms with Crippen LogP contribution >= 0.6 is 0 Å². The van der Waals surface area contributed by atoms with Gasteiger partial charge in [-0.3, -0.25) is 0 Å². The van der Waals surface area contributed by atoms with Crippen LogP contribution in [-0.4, -0.2) is 12.2 Å². The van der Waals surface area contributed by atoms with Crippen LogP contribution in [0.15, 0.2) is 0 Å². The molecule has 1 saturated heterocycles. The van der Waals surface area contributed by atoms with Crippen molar-refractivity contribution in [2.75, 3.05) is 6.61 Å². The van der Waals surface area contributed by atoms with Crippen LogP contribution in [-0.2, 0) is 4.74 Å². The molecular weight excluding hydrogens is 114 g/mol. The fourth-order valence-corrected chi connectivity index (χ4v) is 1.12. The van der Waals surface area contributed by atoms with E-state index in [4.69, 9.17) is 10.00 Å². The van der Waals surface area contributed by atoms with Gasteiger partial charge in [0.1, 0.15) is 0 Å². The molecule has 0 aliphatic carbocycles. The van der Waals surface area contributed by atoms with Crippen molar-refractivity contribution in [2.24, 2.45) is 5.92 Å². The molecule has 1 unspecified atom stereocenters. The SMILES string of the molecule is CC1(C)CC(C#N)CO1. The lowest BCUT2D eigenvalue weighted by atomic mass is 9.99. The Morgan fingerprint density at radius 2 is 2.33 bits per heavy atom. The molecule has 0 radical (unpaired) electrons. The maximum atomic E-state index is 8.47. The Labute approximate surface area is 55.4 Å². The standard InChI is InChI=1S/C7H11NO/c1-7(2)3-6(4-8)5-9-7/h6H,3,5H2,1-2H3. The number of nitriles is 1. The van der Waals surface area contributed by atoms with E-state index in [0.29, 0.717) is 6.61 Å². The van der Waals surface area contributed by atoms with Crippen LogP contribution in [0, 0.1) is 17.2 Å². The van der Waals surface area contributed by atoms with Gasteiger partial charge in [-0.25, -0.2) is 0 Å². The van der Waals surface area contributed by atoms with Crippen molar-refractivity contribution in [1.82, 2.24) is 0 Å². The summed E-state index contributed by atoms with van der Waals surface area (Å²) < 4.78 is 5.32. The molecule has 1 heterocycles. The van der Waals surface area contributed by atoms with Crippen molar-refractivity contribution in [3.8, 4) is 6.07 Å². The molecule has 0 amide bonds. The van der Waals surface area contributed by atoms with Crippen molar-refractivity contribution in [3.63, 3.8) is 0 Å². The molecule has 0 bridgehead atoms. The normalized spacial score (nSPS) is 31.9. The lowest BCUT2D eigenvalue weighted by molar-refractivity contribution is 0.0358. The first-order valence-electron chi connectivity index (χ1n) is 3.18. The third kappa shape index (κ3) is 1.43. The average Bonchev–Trinajstić information content (AvgIpc) is 2.10. The van der Waals surface area contributed by atoms with Crippen LogP contribution in [0.3, 0.4) is 0 Å². The third-order valence-electron chi connectivity index (χ3n) is 1.60. The van der Waals surface area contributed by atoms with Crippen LogP contribution in [0.1, 0.15) is 20.3 Å². The Bertz CT molecular complexity index is 145. The molecule has 1 fully saturated rings. The molecule has 2 heteroatoms. The molecule has 0 aromatic carbocycles. The Balaban J connectivity index is 2.50. The van der Waals surface area contributed by atoms with Gasteiger partial charge in [0.2, 0.25) is 0 Å². The second-order valence-electron chi connectivity index (χ2n) is 3.10. The Hall–Kier alpha value is -0.550. The van der Waals surface area contributed by atoms with Crippen LogP contribution in [0.4, 0.5) is 0 Å². The minimum atomic E-state index is -0.0552. The first-order valence-corrected chi connectivity index (χ1v) is 3.18. The van der Waals surface area contributed by atoms with E-state index >= 15 is 0 Å². The maximum absolute atomic E-state index is 8.47. The van der Waals surface area contributed by atoms with Gasteiger partial charge in [-0.2, -0.15) is 5.26 Å². The Kier molecular flexibility index (Phi) is 1.46. The van der Waals surface area contributed by atoms with E-state index < -0.39 is 0 Å². The molecule has 1 aliphatic heterocycles. The van der Waals surface area contributed by atoms with E-state index in [1.54, 1.807) is 0 Å². The van der Waals surface area contributed by atoms with E-state index in [9.17, 15) is 0 Å². The molecule has 2 nitrogen and oxygen atoms in total. The average molecular weight is 125 g/mol. The quantitative estimate of drug-likeness (QED) is 0.489. The van der Waals surface area contributed by atoms with Crippen LogP contribution in [0.5, 0.6) is 0 Å². The first kappa shape index (κ1) is 6.57. The van der Waals surface area contributed by atoms with Gasteiger partial charge in [-0.15, -0.1) is 0 Å². The maximum Gasteiger partial charge on any atom is 0.0724 e. The smallest absolute Gasteiger partial charge is 0.0724 e. The van der Waals surface area contributed by atoms with Crippen molar-refractivity contribution < 1.29 is 4.74 Å². The summed E-state index contributed by atoms with van der Waals surface area (Å²) in [4.78, 5) is 0. The number of nitrogens with zero attached hydrogens (tertiary/aromatic N) is 1. The number of hydrogen-bond acceptors (Lipinski definition) is 2. The second kappa shape index (κ2) is 2.00. The van der Waals surface area contributed by atoms with Crippen molar-refractivity contribution in [2.45, 2.75) is 25.9 Å². The lowest BCUT2D eigenvalue weighted by Crippen LogP contribution is -2.16. The summed E-state index contributed by atoms with van der Waals surface area (Å²) in [6, 6.07) is 2.19. The third-order valence-corrected chi connectivity index (χ3v) is 1.60. The molecule has 0 saturated carbocycles. The van der Waals surface area contributed by atoms with Gasteiger partial charge in [-0.05, 0) is 20.3 Å². The van der Waals surface area contributed by atoms with Crippen molar-refractivity contribution >= 4 is 0 Å². The molecule has 1 rings (SSSR count). The summed E-state index contributed by atoms with van der Waals surface area (Å²) in [5.74, 6) is 0.125. The lowest BCUT2D eigenvalue weighted by Gasteiger charge is -2.14. The summed E-state index contributed by atoms with van der Waals surface area (Å²) in [6.07, 6.45) is 0.878. The molecule has 9 heavy (non-hydrogen) atoms. The van der Waals surface area contributed by atoms with Gasteiger partial charge < -0.3 is 4.74 Å². The van der Waals surface area contributed by atoms with E-state index in [1.165, 1.54) is 0 Å². The Morgan fingerprint density at radius 1 is 1.67 bits per heavy atom. The highest BCUT2D eigenvalue weighted by Crippen LogP contribution is 2.28. The minimum Gasteiger partial charge on any atom is -0.374 e. The van der Waals surface area contributed by atoms with E-state index in [2.05, 4.69) is 6.07 Å². The summed E-state index contributed by atoms with van der Waals surface area (Å²) in [7, 11) is 0.